The Bertz CT molecular complexity index is 1090. The van der Waals surface area contributed by atoms with Crippen molar-refractivity contribution in [2.45, 2.75) is 19.4 Å². The Morgan fingerprint density at radius 2 is 1.39 bits per heavy atom. The predicted molar refractivity (Wildman–Crippen MR) is 126 cm³/mol. The van der Waals surface area contributed by atoms with Gasteiger partial charge in [0.25, 0.3) is 5.91 Å². The number of carbonyl (C=O) groups is 1. The first-order chi connectivity index (χ1) is 14.8. The fraction of sp³-hybridized carbons (Fsp3) is 0.280. The molecule has 0 radical (unpaired) electrons. The zero-order valence-corrected chi connectivity index (χ0v) is 18.9. The predicted octanol–water partition coefficient (Wildman–Crippen LogP) is 3.37. The number of hydrazine groups is 1. The van der Waals surface area contributed by atoms with E-state index in [-0.39, 0.29) is 5.91 Å². The molecule has 1 aliphatic rings. The zero-order valence-electron chi connectivity index (χ0n) is 18.9. The number of hydrogen-bond acceptors (Lipinski definition) is 5. The van der Waals surface area contributed by atoms with E-state index in [4.69, 9.17) is 4.98 Å². The largest absolute Gasteiger partial charge is 0.378 e. The zero-order chi connectivity index (χ0) is 22.3. The van der Waals surface area contributed by atoms with Gasteiger partial charge in [0.15, 0.2) is 0 Å². The summed E-state index contributed by atoms with van der Waals surface area (Å²) in [4.78, 5) is 21.6. The summed E-state index contributed by atoms with van der Waals surface area (Å²) in [6, 6.07) is 16.4. The fourth-order valence-corrected chi connectivity index (χ4v) is 4.39. The summed E-state index contributed by atoms with van der Waals surface area (Å²) in [5.74, 6) is -0.177. The van der Waals surface area contributed by atoms with E-state index in [1.54, 1.807) is 12.3 Å². The van der Waals surface area contributed by atoms with Gasteiger partial charge in [-0.3, -0.25) is 15.2 Å². The summed E-state index contributed by atoms with van der Waals surface area (Å²) in [6.07, 6.45) is 1.75. The number of fused-ring (bicyclic) bond motifs is 1. The first-order valence-corrected chi connectivity index (χ1v) is 10.4. The molecule has 0 spiro atoms. The highest BCUT2D eigenvalue weighted by Crippen LogP contribution is 2.42. The minimum atomic E-state index is -0.811. The number of rotatable bonds is 4. The van der Waals surface area contributed by atoms with Crippen LogP contribution in [0.5, 0.6) is 0 Å². The standard InChI is InChI=1S/C25H29N5O/c1-16-14-18(29(3)4)9-11-21(16)25(22-12-10-19(30(5)6)15-17(22)2)23-20(8-7-13-26-23)24(31)27-28-25/h7-15,28H,1-6H3,(H,27,31). The van der Waals surface area contributed by atoms with Crippen LogP contribution in [0.2, 0.25) is 0 Å². The van der Waals surface area contributed by atoms with Gasteiger partial charge in [-0.25, -0.2) is 5.43 Å². The summed E-state index contributed by atoms with van der Waals surface area (Å²) < 4.78 is 0. The van der Waals surface area contributed by atoms with Crippen molar-refractivity contribution in [3.05, 3.63) is 88.2 Å². The number of amides is 1. The van der Waals surface area contributed by atoms with Crippen molar-refractivity contribution in [2.75, 3.05) is 38.0 Å². The molecule has 160 valence electrons. The molecule has 4 rings (SSSR count). The molecule has 0 aliphatic carbocycles. The van der Waals surface area contributed by atoms with Gasteiger partial charge in [0.05, 0.1) is 11.3 Å². The number of nitrogens with zero attached hydrogens (tertiary/aromatic N) is 3. The average Bonchev–Trinajstić information content (AvgIpc) is 2.75. The van der Waals surface area contributed by atoms with Crippen molar-refractivity contribution < 1.29 is 4.79 Å². The minimum absolute atomic E-state index is 0.177. The molecule has 2 N–H and O–H groups in total. The molecule has 2 heterocycles. The minimum Gasteiger partial charge on any atom is -0.378 e. The second-order valence-corrected chi connectivity index (χ2v) is 8.52. The number of benzene rings is 2. The first kappa shape index (κ1) is 20.9. The maximum atomic E-state index is 12.7. The van der Waals surface area contributed by atoms with Crippen molar-refractivity contribution in [1.29, 1.82) is 0 Å². The topological polar surface area (TPSA) is 60.5 Å². The van der Waals surface area contributed by atoms with E-state index < -0.39 is 5.54 Å². The molecule has 0 unspecified atom stereocenters. The Balaban J connectivity index is 2.05. The quantitative estimate of drug-likeness (QED) is 0.684. The van der Waals surface area contributed by atoms with Crippen molar-refractivity contribution in [3.8, 4) is 0 Å². The number of hydrogen-bond donors (Lipinski definition) is 2. The molecule has 0 atom stereocenters. The van der Waals surface area contributed by atoms with Crippen LogP contribution in [0.25, 0.3) is 0 Å². The van der Waals surface area contributed by atoms with Crippen LogP contribution in [0.3, 0.4) is 0 Å². The number of pyridine rings is 1. The second-order valence-electron chi connectivity index (χ2n) is 8.52. The summed E-state index contributed by atoms with van der Waals surface area (Å²) in [5.41, 5.74) is 13.3. The van der Waals surface area contributed by atoms with Gasteiger partial charge in [0.2, 0.25) is 0 Å². The number of anilines is 2. The lowest BCUT2D eigenvalue weighted by Crippen LogP contribution is -2.59. The van der Waals surface area contributed by atoms with E-state index in [9.17, 15) is 4.79 Å². The highest BCUT2D eigenvalue weighted by molar-refractivity contribution is 5.97. The molecule has 6 heteroatoms. The van der Waals surface area contributed by atoms with Crippen LogP contribution < -0.4 is 20.7 Å². The maximum Gasteiger partial charge on any atom is 0.267 e. The lowest BCUT2D eigenvalue weighted by molar-refractivity contribution is 0.0894. The van der Waals surface area contributed by atoms with Crippen molar-refractivity contribution in [3.63, 3.8) is 0 Å². The molecule has 0 saturated carbocycles. The van der Waals surface area contributed by atoms with Crippen molar-refractivity contribution in [2.24, 2.45) is 0 Å². The second kappa shape index (κ2) is 7.71. The highest BCUT2D eigenvalue weighted by atomic mass is 16.2. The van der Waals surface area contributed by atoms with E-state index in [1.807, 2.05) is 34.3 Å². The van der Waals surface area contributed by atoms with E-state index in [0.717, 1.165) is 33.6 Å². The van der Waals surface area contributed by atoms with Crippen molar-refractivity contribution in [1.82, 2.24) is 15.8 Å². The molecular weight excluding hydrogens is 386 g/mol. The average molecular weight is 416 g/mol. The number of aromatic nitrogens is 1. The van der Waals surface area contributed by atoms with Crippen molar-refractivity contribution >= 4 is 17.3 Å². The molecule has 3 aromatic rings. The molecule has 0 saturated heterocycles. The van der Waals surface area contributed by atoms with Crippen LogP contribution >= 0.6 is 0 Å². The maximum absolute atomic E-state index is 12.7. The number of nitrogens with one attached hydrogen (secondary N) is 2. The van der Waals surface area contributed by atoms with Gasteiger partial charge in [0, 0.05) is 45.8 Å². The van der Waals surface area contributed by atoms with Gasteiger partial charge in [-0.1, -0.05) is 12.1 Å². The van der Waals surface area contributed by atoms with Crippen LogP contribution in [-0.4, -0.2) is 39.1 Å². The molecule has 1 aromatic heterocycles. The van der Waals surface area contributed by atoms with Gasteiger partial charge in [-0.2, -0.15) is 0 Å². The smallest absolute Gasteiger partial charge is 0.267 e. The van der Waals surface area contributed by atoms with E-state index in [0.29, 0.717) is 11.3 Å². The molecule has 6 nitrogen and oxygen atoms in total. The summed E-state index contributed by atoms with van der Waals surface area (Å²) in [5, 5.41) is 0. The molecule has 0 fully saturated rings. The Labute approximate surface area is 183 Å². The summed E-state index contributed by atoms with van der Waals surface area (Å²) in [6.45, 7) is 4.21. The lowest BCUT2D eigenvalue weighted by Gasteiger charge is -2.41. The summed E-state index contributed by atoms with van der Waals surface area (Å²) in [7, 11) is 8.13. The lowest BCUT2D eigenvalue weighted by atomic mass is 9.74. The summed E-state index contributed by atoms with van der Waals surface area (Å²) >= 11 is 0. The molecule has 0 bridgehead atoms. The molecule has 1 aliphatic heterocycles. The number of aryl methyl sites for hydroxylation is 2. The Morgan fingerprint density at radius 3 is 1.87 bits per heavy atom. The van der Waals surface area contributed by atoms with Gasteiger partial charge >= 0.3 is 0 Å². The third-order valence-electron chi connectivity index (χ3n) is 6.03. The van der Waals surface area contributed by atoms with E-state index >= 15 is 0 Å². The first-order valence-electron chi connectivity index (χ1n) is 10.4. The van der Waals surface area contributed by atoms with Gasteiger partial charge < -0.3 is 9.80 Å². The number of carbonyl (C=O) groups excluding carboxylic acids is 1. The molecule has 1 amide bonds. The highest BCUT2D eigenvalue weighted by Gasteiger charge is 2.45. The van der Waals surface area contributed by atoms with Crippen LogP contribution in [0, 0.1) is 13.8 Å². The van der Waals surface area contributed by atoms with E-state index in [1.165, 1.54) is 0 Å². The van der Waals surface area contributed by atoms with Crippen LogP contribution in [-0.2, 0) is 5.54 Å². The molecule has 31 heavy (non-hydrogen) atoms. The van der Waals surface area contributed by atoms with E-state index in [2.05, 4.69) is 70.9 Å². The van der Waals surface area contributed by atoms with Crippen LogP contribution in [0.1, 0.15) is 38.3 Å². The fourth-order valence-electron chi connectivity index (χ4n) is 4.39. The SMILES string of the molecule is Cc1cc(N(C)C)ccc1C1(c2ccc(N(C)C)cc2C)NNC(=O)c2cccnc21. The normalized spacial score (nSPS) is 14.6. The Kier molecular flexibility index (Phi) is 5.19. The van der Waals surface area contributed by atoms with Gasteiger partial charge in [-0.15, -0.1) is 0 Å². The molecule has 2 aromatic carbocycles. The third kappa shape index (κ3) is 3.33. The van der Waals surface area contributed by atoms with Gasteiger partial charge in [0.1, 0.15) is 5.54 Å². The Morgan fingerprint density at radius 1 is 0.839 bits per heavy atom. The molecular formula is C25H29N5O. The van der Waals surface area contributed by atoms with Crippen LogP contribution in [0.4, 0.5) is 11.4 Å². The van der Waals surface area contributed by atoms with Crippen LogP contribution in [0.15, 0.2) is 54.7 Å². The van der Waals surface area contributed by atoms with Gasteiger partial charge in [-0.05, 0) is 72.5 Å². The Hall–Kier alpha value is -3.38. The third-order valence-corrected chi connectivity index (χ3v) is 6.03. The monoisotopic (exact) mass is 415 g/mol.